The third-order valence-electron chi connectivity index (χ3n) is 14.4. The van der Waals surface area contributed by atoms with Crippen LogP contribution in [0.25, 0.3) is 0 Å². The fourth-order valence-electron chi connectivity index (χ4n) is 10.5. The maximum Gasteiger partial charge on any atom is 0.309 e. The molecular formula is C42H70O11. The molecule has 5 rings (SSSR count). The number of rotatable bonds is 12. The summed E-state index contributed by atoms with van der Waals surface area (Å²) in [5.74, 6) is -5.78. The number of carbonyl (C=O) groups is 2. The highest BCUT2D eigenvalue weighted by Crippen LogP contribution is 2.54. The van der Waals surface area contributed by atoms with Crippen molar-refractivity contribution in [3.63, 3.8) is 0 Å². The molecule has 4 fully saturated rings. The van der Waals surface area contributed by atoms with E-state index in [1.807, 2.05) is 41.5 Å². The van der Waals surface area contributed by atoms with Gasteiger partial charge in [0, 0.05) is 30.1 Å². The smallest absolute Gasteiger partial charge is 0.309 e. The minimum absolute atomic E-state index is 0.0137. The third kappa shape index (κ3) is 7.94. The Kier molecular flexibility index (Phi) is 13.0. The summed E-state index contributed by atoms with van der Waals surface area (Å²) in [6.45, 7) is 19.6. The molecule has 11 heteroatoms. The van der Waals surface area contributed by atoms with Crippen molar-refractivity contribution in [2.75, 3.05) is 0 Å². The first-order valence-corrected chi connectivity index (χ1v) is 20.7. The second-order valence-corrected chi connectivity index (χ2v) is 17.9. The van der Waals surface area contributed by atoms with Crippen LogP contribution in [0.5, 0.6) is 0 Å². The number of aliphatic carboxylic acids is 1. The summed E-state index contributed by atoms with van der Waals surface area (Å²) in [5.41, 5.74) is -1.63. The number of aliphatic hydroxyl groups excluding tert-OH is 2. The van der Waals surface area contributed by atoms with Gasteiger partial charge in [0.2, 0.25) is 5.79 Å². The first-order chi connectivity index (χ1) is 24.8. The van der Waals surface area contributed by atoms with Crippen molar-refractivity contribution >= 4 is 11.8 Å². The number of hydrogen-bond acceptors (Lipinski definition) is 10. The van der Waals surface area contributed by atoms with Gasteiger partial charge in [-0.05, 0) is 95.6 Å². The molecule has 0 aliphatic carbocycles. The van der Waals surface area contributed by atoms with Crippen molar-refractivity contribution in [3.8, 4) is 0 Å². The molecule has 0 saturated carbocycles. The Balaban J connectivity index is 1.31. The standard InChI is InChI=1S/C42H70O11/c1-11-29(38(46)47)31-15-14-23(4)36(50-31)27(8)34(44)26(7)35(45)30(12-2)37-24(5)22-25(6)41(51-37)19-16-32(43)42(53-41)21-20-39(10,52-42)33-17-18-40(48,13-3)28(9)49-33/h16,19,23-34,36-37,43-44,48H,11-15,17-18,20-22H2,1-10H3,(H,46,47)/t23-,24-,25+,26-,27+,28-,29-,30-,31+,32-,33+,34+,36+,37-,39-,40+,41?,42+/m0/s1. The average molecular weight is 751 g/mol. The normalized spacial score (nSPS) is 46.2. The maximum absolute atomic E-state index is 14.4. The van der Waals surface area contributed by atoms with E-state index in [9.17, 15) is 30.0 Å². The number of ketones is 1. The van der Waals surface area contributed by atoms with Gasteiger partial charge in [0.25, 0.3) is 0 Å². The Labute approximate surface area is 317 Å². The number of carboxylic acid groups (broad SMARTS) is 1. The van der Waals surface area contributed by atoms with E-state index in [2.05, 4.69) is 20.8 Å². The van der Waals surface area contributed by atoms with Gasteiger partial charge in [0.15, 0.2) is 5.79 Å². The number of aliphatic hydroxyl groups is 3. The Hall–Kier alpha value is -1.44. The van der Waals surface area contributed by atoms with E-state index in [0.717, 1.165) is 6.42 Å². The van der Waals surface area contributed by atoms with Gasteiger partial charge in [-0.2, -0.15) is 0 Å². The molecule has 1 unspecified atom stereocenters. The lowest BCUT2D eigenvalue weighted by Crippen LogP contribution is -2.63. The van der Waals surface area contributed by atoms with Gasteiger partial charge in [-0.1, -0.05) is 55.4 Å². The van der Waals surface area contributed by atoms with E-state index in [4.69, 9.17) is 23.7 Å². The average Bonchev–Trinajstić information content (AvgIpc) is 3.47. The zero-order valence-electron chi connectivity index (χ0n) is 34.0. The second-order valence-electron chi connectivity index (χ2n) is 17.9. The monoisotopic (exact) mass is 750 g/mol. The lowest BCUT2D eigenvalue weighted by Gasteiger charge is -2.54. The zero-order valence-corrected chi connectivity index (χ0v) is 34.0. The van der Waals surface area contributed by atoms with Crippen molar-refractivity contribution in [1.29, 1.82) is 0 Å². The van der Waals surface area contributed by atoms with Gasteiger partial charge in [0.1, 0.15) is 11.9 Å². The molecule has 2 spiro atoms. The lowest BCUT2D eigenvalue weighted by molar-refractivity contribution is -0.409. The van der Waals surface area contributed by atoms with Crippen molar-refractivity contribution in [3.05, 3.63) is 12.2 Å². The molecule has 0 aromatic carbocycles. The number of hydrogen-bond donors (Lipinski definition) is 4. The van der Waals surface area contributed by atoms with E-state index >= 15 is 0 Å². The molecule has 18 atom stereocenters. The summed E-state index contributed by atoms with van der Waals surface area (Å²) in [6, 6.07) is 0. The molecule has 5 aliphatic heterocycles. The molecule has 0 amide bonds. The van der Waals surface area contributed by atoms with E-state index in [0.29, 0.717) is 57.8 Å². The van der Waals surface area contributed by atoms with Crippen LogP contribution in [0.1, 0.15) is 133 Å². The molecule has 0 bridgehead atoms. The van der Waals surface area contributed by atoms with Gasteiger partial charge in [0.05, 0.1) is 53.7 Å². The van der Waals surface area contributed by atoms with Crippen molar-refractivity contribution in [1.82, 2.24) is 0 Å². The summed E-state index contributed by atoms with van der Waals surface area (Å²) in [7, 11) is 0. The molecule has 304 valence electrons. The quantitative estimate of drug-likeness (QED) is 0.169. The molecule has 53 heavy (non-hydrogen) atoms. The van der Waals surface area contributed by atoms with E-state index in [1.165, 1.54) is 0 Å². The molecular weight excluding hydrogens is 680 g/mol. The number of ether oxygens (including phenoxy) is 5. The molecule has 0 aromatic heterocycles. The summed E-state index contributed by atoms with van der Waals surface area (Å²) >= 11 is 0. The van der Waals surface area contributed by atoms with Crippen LogP contribution in [0.15, 0.2) is 12.2 Å². The Bertz CT molecular complexity index is 1320. The highest BCUT2D eigenvalue weighted by atomic mass is 16.8. The van der Waals surface area contributed by atoms with E-state index in [-0.39, 0.29) is 41.8 Å². The molecule has 4 N–H and O–H groups in total. The number of carbonyl (C=O) groups excluding carboxylic acids is 1. The number of Topliss-reactive ketones (excluding diaryl/α,β-unsaturated/α-hetero) is 1. The van der Waals surface area contributed by atoms with Crippen molar-refractivity contribution in [2.45, 2.75) is 199 Å². The highest BCUT2D eigenvalue weighted by molar-refractivity contribution is 5.84. The van der Waals surface area contributed by atoms with Crippen LogP contribution in [0.4, 0.5) is 0 Å². The molecule has 11 nitrogen and oxygen atoms in total. The third-order valence-corrected chi connectivity index (χ3v) is 14.4. The van der Waals surface area contributed by atoms with E-state index in [1.54, 1.807) is 19.1 Å². The van der Waals surface area contributed by atoms with Gasteiger partial charge in [-0.3, -0.25) is 9.59 Å². The SMILES string of the molecule is CC[C@H](C(=O)O)[C@H]1CC[C@H](C)[C@H]([C@H](C)[C@H](O)[C@H](C)C(=O)[C@H](CC)[C@H]2OC3(C=C[C@H](O)[C@@]4(CC[C@@](C)([C@H]5CC[C@](O)(CC)[C@H](C)O5)O4)O3)[C@H](C)C[C@@H]2C)O1. The maximum atomic E-state index is 14.4. The first kappa shape index (κ1) is 42.7. The van der Waals surface area contributed by atoms with Crippen molar-refractivity contribution in [2.24, 2.45) is 41.4 Å². The molecule has 5 heterocycles. The summed E-state index contributed by atoms with van der Waals surface area (Å²) in [5, 5.41) is 44.0. The van der Waals surface area contributed by atoms with E-state index < -0.39 is 76.8 Å². The predicted molar refractivity (Wildman–Crippen MR) is 199 cm³/mol. The first-order valence-electron chi connectivity index (χ1n) is 20.7. The van der Waals surface area contributed by atoms with Gasteiger partial charge in [-0.15, -0.1) is 0 Å². The number of carboxylic acids is 1. The summed E-state index contributed by atoms with van der Waals surface area (Å²) in [4.78, 5) is 26.4. The largest absolute Gasteiger partial charge is 0.481 e. The van der Waals surface area contributed by atoms with Crippen LogP contribution in [0, 0.1) is 41.4 Å². The minimum atomic E-state index is -1.37. The minimum Gasteiger partial charge on any atom is -0.481 e. The lowest BCUT2D eigenvalue weighted by atomic mass is 9.72. The molecule has 4 saturated heterocycles. The Morgan fingerprint density at radius 3 is 2.17 bits per heavy atom. The van der Waals surface area contributed by atoms with Crippen LogP contribution >= 0.6 is 0 Å². The molecule has 0 aromatic rings. The van der Waals surface area contributed by atoms with Crippen molar-refractivity contribution < 1.29 is 53.7 Å². The van der Waals surface area contributed by atoms with Crippen LogP contribution in [-0.4, -0.2) is 97.7 Å². The Morgan fingerprint density at radius 1 is 0.887 bits per heavy atom. The summed E-state index contributed by atoms with van der Waals surface area (Å²) < 4.78 is 33.5. The molecule has 0 radical (unpaired) electrons. The van der Waals surface area contributed by atoms with Crippen LogP contribution < -0.4 is 0 Å². The fraction of sp³-hybridized carbons (Fsp3) is 0.905. The second kappa shape index (κ2) is 16.2. The highest BCUT2D eigenvalue weighted by Gasteiger charge is 2.63. The summed E-state index contributed by atoms with van der Waals surface area (Å²) in [6.07, 6.45) is 5.51. The Morgan fingerprint density at radius 2 is 1.57 bits per heavy atom. The topological polar surface area (TPSA) is 161 Å². The van der Waals surface area contributed by atoms with Gasteiger partial charge >= 0.3 is 5.97 Å². The van der Waals surface area contributed by atoms with Crippen LogP contribution in [-0.2, 0) is 33.3 Å². The van der Waals surface area contributed by atoms with Crippen LogP contribution in [0.3, 0.4) is 0 Å². The zero-order chi connectivity index (χ0) is 39.3. The molecule has 5 aliphatic rings. The predicted octanol–water partition coefficient (Wildman–Crippen LogP) is 6.19. The van der Waals surface area contributed by atoms with Gasteiger partial charge in [-0.25, -0.2) is 0 Å². The fourth-order valence-corrected chi connectivity index (χ4v) is 10.5. The van der Waals surface area contributed by atoms with Gasteiger partial charge < -0.3 is 44.1 Å². The van der Waals surface area contributed by atoms with Crippen LogP contribution in [0.2, 0.25) is 0 Å².